The minimum Gasteiger partial charge on any atom is -0.448 e. The first-order valence-corrected chi connectivity index (χ1v) is 13.9. The van der Waals surface area contributed by atoms with Crippen LogP contribution in [-0.4, -0.2) is 48.3 Å². The van der Waals surface area contributed by atoms with Gasteiger partial charge in [0, 0.05) is 34.2 Å². The number of rotatable bonds is 7. The molecule has 0 bridgehead atoms. The summed E-state index contributed by atoms with van der Waals surface area (Å²) in [5.41, 5.74) is 0.423. The zero-order chi connectivity index (χ0) is 24.7. The second-order valence-corrected chi connectivity index (χ2v) is 12.3. The van der Waals surface area contributed by atoms with Crippen LogP contribution < -0.4 is 0 Å². The molecule has 4 unspecified atom stereocenters. The topological polar surface area (TPSA) is 80.8 Å². The summed E-state index contributed by atoms with van der Waals surface area (Å²) in [5.74, 6) is -1.23. The molecule has 0 N–H and O–H groups in total. The minimum absolute atomic E-state index is 0.0189. The van der Waals surface area contributed by atoms with Gasteiger partial charge in [-0.25, -0.2) is 8.42 Å². The van der Waals surface area contributed by atoms with Crippen molar-refractivity contribution in [2.24, 2.45) is 0 Å². The van der Waals surface area contributed by atoms with Gasteiger partial charge in [-0.05, 0) is 41.8 Å². The van der Waals surface area contributed by atoms with Crippen LogP contribution in [0.25, 0.3) is 0 Å². The molecule has 2 aliphatic heterocycles. The van der Waals surface area contributed by atoms with Gasteiger partial charge in [0.05, 0.1) is 18.2 Å². The van der Waals surface area contributed by atoms with E-state index in [9.17, 15) is 18.0 Å². The van der Waals surface area contributed by atoms with Crippen LogP contribution in [0.1, 0.15) is 56.2 Å². The lowest BCUT2D eigenvalue weighted by molar-refractivity contribution is -0.212. The van der Waals surface area contributed by atoms with Gasteiger partial charge in [-0.2, -0.15) is 0 Å². The third kappa shape index (κ3) is 4.70. The van der Waals surface area contributed by atoms with E-state index in [-0.39, 0.29) is 29.8 Å². The zero-order valence-electron chi connectivity index (χ0n) is 19.0. The summed E-state index contributed by atoms with van der Waals surface area (Å²) in [6, 6.07) is 13.6. The highest BCUT2D eigenvalue weighted by atomic mass is 35.5. The number of amides is 1. The molecular formula is C25H27Cl2NO5S. The number of nitrogens with zero attached hydrogens (tertiary/aromatic N) is 1. The normalized spacial score (nSPS) is 25.7. The van der Waals surface area contributed by atoms with Gasteiger partial charge in [0.15, 0.2) is 9.84 Å². The lowest BCUT2D eigenvalue weighted by Crippen LogP contribution is -2.66. The predicted octanol–water partition coefficient (Wildman–Crippen LogP) is 4.95. The number of carbonyl (C=O) groups is 2. The summed E-state index contributed by atoms with van der Waals surface area (Å²) >= 11 is 12.5. The molecule has 6 nitrogen and oxygen atoms in total. The van der Waals surface area contributed by atoms with Gasteiger partial charge in [-0.1, -0.05) is 61.3 Å². The van der Waals surface area contributed by atoms with Gasteiger partial charge in [0.1, 0.15) is 0 Å². The first kappa shape index (κ1) is 25.0. The minimum atomic E-state index is -3.39. The molecule has 0 aliphatic carbocycles. The van der Waals surface area contributed by atoms with Crippen LogP contribution in [0.15, 0.2) is 48.5 Å². The predicted molar refractivity (Wildman–Crippen MR) is 132 cm³/mol. The number of esters is 1. The summed E-state index contributed by atoms with van der Waals surface area (Å²) < 4.78 is 30.8. The molecule has 4 atom stereocenters. The fourth-order valence-electron chi connectivity index (χ4n) is 5.07. The van der Waals surface area contributed by atoms with E-state index in [2.05, 4.69) is 0 Å². The average molecular weight is 524 g/mol. The molecule has 0 saturated carbocycles. The maximum Gasteiger partial charge on any atom is 0.311 e. The summed E-state index contributed by atoms with van der Waals surface area (Å²) in [6.45, 7) is 3.46. The van der Waals surface area contributed by atoms with Gasteiger partial charge in [-0.15, -0.1) is 0 Å². The highest BCUT2D eigenvalue weighted by Crippen LogP contribution is 2.52. The molecule has 0 aromatic heterocycles. The van der Waals surface area contributed by atoms with Crippen molar-refractivity contribution in [3.05, 3.63) is 69.7 Å². The summed E-state index contributed by atoms with van der Waals surface area (Å²) in [5, 5.41) is 1.11. The maximum atomic E-state index is 13.9. The number of sulfone groups is 1. The lowest BCUT2D eigenvalue weighted by atomic mass is 9.70. The number of ether oxygens (including phenoxy) is 1. The Bertz CT molecular complexity index is 1190. The van der Waals surface area contributed by atoms with Crippen LogP contribution in [0.5, 0.6) is 0 Å². The van der Waals surface area contributed by atoms with E-state index in [1.807, 2.05) is 37.3 Å². The van der Waals surface area contributed by atoms with Crippen molar-refractivity contribution in [2.75, 3.05) is 11.5 Å². The van der Waals surface area contributed by atoms with Crippen LogP contribution in [0.2, 0.25) is 10.0 Å². The quantitative estimate of drug-likeness (QED) is 0.479. The molecule has 2 fully saturated rings. The molecule has 9 heteroatoms. The molecule has 2 aromatic carbocycles. The van der Waals surface area contributed by atoms with Crippen molar-refractivity contribution in [2.45, 2.75) is 56.7 Å². The van der Waals surface area contributed by atoms with E-state index < -0.39 is 33.5 Å². The number of piperidine rings is 1. The first-order chi connectivity index (χ1) is 16.1. The Morgan fingerprint density at radius 2 is 1.74 bits per heavy atom. The fourth-order valence-corrected chi connectivity index (χ4v) is 6.62. The number of hydrogen-bond acceptors (Lipinski definition) is 5. The zero-order valence-corrected chi connectivity index (χ0v) is 21.4. The Kier molecular flexibility index (Phi) is 7.00. The third-order valence-electron chi connectivity index (χ3n) is 6.83. The molecular weight excluding hydrogens is 497 g/mol. The van der Waals surface area contributed by atoms with E-state index in [1.165, 1.54) is 0 Å². The van der Waals surface area contributed by atoms with Crippen LogP contribution in [-0.2, 0) is 24.2 Å². The van der Waals surface area contributed by atoms with E-state index in [1.54, 1.807) is 30.0 Å². The van der Waals surface area contributed by atoms with E-state index in [4.69, 9.17) is 27.9 Å². The van der Waals surface area contributed by atoms with E-state index in [0.717, 1.165) is 11.1 Å². The van der Waals surface area contributed by atoms with Crippen molar-refractivity contribution >= 4 is 44.9 Å². The van der Waals surface area contributed by atoms with E-state index >= 15 is 0 Å². The van der Waals surface area contributed by atoms with Crippen molar-refractivity contribution in [3.63, 3.8) is 0 Å². The van der Waals surface area contributed by atoms with Crippen LogP contribution >= 0.6 is 23.2 Å². The summed E-state index contributed by atoms with van der Waals surface area (Å²) in [4.78, 5) is 27.5. The molecule has 182 valence electrons. The third-order valence-corrected chi connectivity index (χ3v) is 9.09. The Morgan fingerprint density at radius 3 is 2.29 bits per heavy atom. The molecule has 2 saturated heterocycles. The smallest absolute Gasteiger partial charge is 0.311 e. The van der Waals surface area contributed by atoms with E-state index in [0.29, 0.717) is 22.9 Å². The standard InChI is InChI=1S/C25H27Cl2NO5S/c1-3-20(15-34(31,32)4-2)28-23(16-8-10-18(26)11-9-16)21(17-6-5-7-19(27)12-17)13-25(24(28)30)14-22(29)33-25/h5-12,20-21,23H,3-4,13-15H2,1-2H3. The fraction of sp³-hybridized carbons (Fsp3) is 0.440. The van der Waals surface area contributed by atoms with Gasteiger partial charge in [0.2, 0.25) is 5.60 Å². The van der Waals surface area contributed by atoms with Crippen molar-refractivity contribution in [1.29, 1.82) is 0 Å². The van der Waals surface area contributed by atoms with Crippen LogP contribution in [0.4, 0.5) is 0 Å². The van der Waals surface area contributed by atoms with Gasteiger partial charge >= 0.3 is 5.97 Å². The molecule has 1 amide bonds. The molecule has 34 heavy (non-hydrogen) atoms. The molecule has 2 heterocycles. The Morgan fingerprint density at radius 1 is 1.06 bits per heavy atom. The summed E-state index contributed by atoms with van der Waals surface area (Å²) in [6.07, 6.45) is 0.698. The number of likely N-dealkylation sites (tertiary alicyclic amines) is 1. The highest BCUT2D eigenvalue weighted by Gasteiger charge is 2.61. The Balaban J connectivity index is 1.89. The summed E-state index contributed by atoms with van der Waals surface area (Å²) in [7, 11) is -3.39. The molecule has 1 spiro atoms. The number of halogens is 2. The van der Waals surface area contributed by atoms with Crippen LogP contribution in [0, 0.1) is 0 Å². The highest BCUT2D eigenvalue weighted by molar-refractivity contribution is 7.91. The number of benzene rings is 2. The lowest BCUT2D eigenvalue weighted by Gasteiger charge is -2.54. The molecule has 0 radical (unpaired) electrons. The largest absolute Gasteiger partial charge is 0.448 e. The molecule has 4 rings (SSSR count). The van der Waals surface area contributed by atoms with Crippen molar-refractivity contribution < 1.29 is 22.7 Å². The second-order valence-electron chi connectivity index (χ2n) is 8.98. The first-order valence-electron chi connectivity index (χ1n) is 11.3. The van der Waals surface area contributed by atoms with Crippen molar-refractivity contribution in [3.8, 4) is 0 Å². The van der Waals surface area contributed by atoms with Gasteiger partial charge in [-0.3, -0.25) is 9.59 Å². The molecule has 2 aromatic rings. The SMILES string of the molecule is CCC(CS(=O)(=O)CC)N1C(=O)C2(CC(=O)O2)CC(c2cccc(Cl)c2)C1c1ccc(Cl)cc1. The van der Waals surface area contributed by atoms with Crippen LogP contribution in [0.3, 0.4) is 0 Å². The van der Waals surface area contributed by atoms with Gasteiger partial charge < -0.3 is 9.64 Å². The number of hydrogen-bond donors (Lipinski definition) is 0. The second kappa shape index (κ2) is 9.51. The Labute approximate surface area is 210 Å². The Hall–Kier alpha value is -2.09. The maximum absolute atomic E-state index is 13.9. The van der Waals surface area contributed by atoms with Gasteiger partial charge in [0.25, 0.3) is 5.91 Å². The monoisotopic (exact) mass is 523 g/mol. The van der Waals surface area contributed by atoms with Crippen molar-refractivity contribution in [1.82, 2.24) is 4.90 Å². The average Bonchev–Trinajstić information content (AvgIpc) is 2.78. The number of carbonyl (C=O) groups excluding carboxylic acids is 2. The molecule has 2 aliphatic rings.